The van der Waals surface area contributed by atoms with Crippen LogP contribution in [0.25, 0.3) is 11.1 Å². The summed E-state index contributed by atoms with van der Waals surface area (Å²) in [6, 6.07) is 9.24. The molecule has 0 fully saturated rings. The Kier molecular flexibility index (Phi) is 4.50. The molecule has 1 atom stereocenters. The van der Waals surface area contributed by atoms with Gasteiger partial charge < -0.3 is 18.9 Å². The van der Waals surface area contributed by atoms with E-state index in [2.05, 4.69) is 5.32 Å². The second-order valence-electron chi connectivity index (χ2n) is 5.03. The van der Waals surface area contributed by atoms with Gasteiger partial charge in [0.1, 0.15) is 6.61 Å². The number of nitrogens with one attached hydrogen (secondary N) is 1. The van der Waals surface area contributed by atoms with Gasteiger partial charge in [0.15, 0.2) is 29.2 Å². The first-order chi connectivity index (χ1) is 11.2. The lowest BCUT2D eigenvalue weighted by Gasteiger charge is -2.28. The van der Waals surface area contributed by atoms with E-state index in [1.54, 1.807) is 20.3 Å². The summed E-state index contributed by atoms with van der Waals surface area (Å²) in [6.45, 7) is 0.415. The van der Waals surface area contributed by atoms with Crippen molar-refractivity contribution in [3.05, 3.63) is 35.4 Å². The van der Waals surface area contributed by atoms with E-state index in [4.69, 9.17) is 30.5 Å². The number of hydrogen-bond acceptors (Lipinski definition) is 5. The summed E-state index contributed by atoms with van der Waals surface area (Å²) < 4.78 is 22.7. The number of ether oxygens (including phenoxy) is 4. The maximum atomic E-state index is 6.25. The van der Waals surface area contributed by atoms with Gasteiger partial charge in [0.2, 0.25) is 0 Å². The molecule has 1 heterocycles. The van der Waals surface area contributed by atoms with Crippen LogP contribution in [0.2, 0.25) is 5.02 Å². The number of hydrogen-bond donors (Lipinski definition) is 1. The Bertz CT molecular complexity index is 720. The van der Waals surface area contributed by atoms with Gasteiger partial charge in [-0.1, -0.05) is 23.7 Å². The van der Waals surface area contributed by atoms with Crippen molar-refractivity contribution in [2.75, 3.05) is 27.9 Å². The summed E-state index contributed by atoms with van der Waals surface area (Å²) in [5, 5.41) is 3.62. The van der Waals surface area contributed by atoms with E-state index in [-0.39, 0.29) is 6.23 Å². The third-order valence-corrected chi connectivity index (χ3v) is 3.90. The van der Waals surface area contributed by atoms with E-state index in [1.165, 1.54) is 0 Å². The van der Waals surface area contributed by atoms with E-state index >= 15 is 0 Å². The van der Waals surface area contributed by atoms with Crippen LogP contribution in [0.4, 0.5) is 0 Å². The van der Waals surface area contributed by atoms with Crippen LogP contribution >= 0.6 is 11.6 Å². The van der Waals surface area contributed by atoms with E-state index in [0.29, 0.717) is 34.6 Å². The molecule has 6 heteroatoms. The normalized spacial score (nSPS) is 16.1. The maximum Gasteiger partial charge on any atom is 0.184 e. The van der Waals surface area contributed by atoms with Crippen molar-refractivity contribution in [1.82, 2.24) is 5.32 Å². The summed E-state index contributed by atoms with van der Waals surface area (Å²) in [5.41, 5.74) is 1.62. The van der Waals surface area contributed by atoms with Gasteiger partial charge in [-0.05, 0) is 19.2 Å². The Hall–Kier alpha value is -2.11. The van der Waals surface area contributed by atoms with Crippen molar-refractivity contribution in [3.63, 3.8) is 0 Å². The summed E-state index contributed by atoms with van der Waals surface area (Å²) in [6.07, 6.45) is -0.223. The second-order valence-corrected chi connectivity index (χ2v) is 5.46. The van der Waals surface area contributed by atoms with Crippen molar-refractivity contribution >= 4 is 11.6 Å². The highest BCUT2D eigenvalue weighted by Crippen LogP contribution is 2.47. The fourth-order valence-corrected chi connectivity index (χ4v) is 2.79. The molecule has 1 N–H and O–H groups in total. The first-order valence-electron chi connectivity index (χ1n) is 7.19. The number of fused-ring (bicyclic) bond motifs is 1. The fourth-order valence-electron chi connectivity index (χ4n) is 2.58. The van der Waals surface area contributed by atoms with E-state index in [0.717, 1.165) is 11.1 Å². The molecule has 2 aromatic rings. The van der Waals surface area contributed by atoms with Crippen molar-refractivity contribution in [3.8, 4) is 34.1 Å². The lowest BCUT2D eigenvalue weighted by molar-refractivity contribution is 0.0733. The van der Waals surface area contributed by atoms with Crippen LogP contribution < -0.4 is 24.3 Å². The Morgan fingerprint density at radius 1 is 1.17 bits per heavy atom. The first-order valence-corrected chi connectivity index (χ1v) is 7.57. The monoisotopic (exact) mass is 335 g/mol. The number of methoxy groups -OCH3 is 2. The van der Waals surface area contributed by atoms with Gasteiger partial charge in [-0.2, -0.15) is 0 Å². The lowest BCUT2D eigenvalue weighted by Crippen LogP contribution is -2.39. The van der Waals surface area contributed by atoms with Crippen LogP contribution in [0.1, 0.15) is 0 Å². The average molecular weight is 336 g/mol. The summed E-state index contributed by atoms with van der Waals surface area (Å²) >= 11 is 6.25. The highest BCUT2D eigenvalue weighted by atomic mass is 35.5. The lowest BCUT2D eigenvalue weighted by atomic mass is 10.0. The molecule has 0 aliphatic carbocycles. The van der Waals surface area contributed by atoms with E-state index < -0.39 is 0 Å². The molecular weight excluding hydrogens is 318 g/mol. The molecule has 5 nitrogen and oxygen atoms in total. The van der Waals surface area contributed by atoms with Crippen LogP contribution in [0.3, 0.4) is 0 Å². The van der Waals surface area contributed by atoms with Crippen molar-refractivity contribution < 1.29 is 18.9 Å². The minimum Gasteiger partial charge on any atom is -0.493 e. The van der Waals surface area contributed by atoms with Crippen molar-refractivity contribution in [2.45, 2.75) is 6.23 Å². The number of rotatable bonds is 4. The van der Waals surface area contributed by atoms with E-state index in [9.17, 15) is 0 Å². The molecule has 122 valence electrons. The Labute approximate surface area is 140 Å². The molecule has 3 rings (SSSR count). The molecular formula is C17H18ClNO4. The zero-order chi connectivity index (χ0) is 16.4. The Morgan fingerprint density at radius 2 is 2.00 bits per heavy atom. The number of benzene rings is 2. The predicted molar refractivity (Wildman–Crippen MR) is 89.0 cm³/mol. The van der Waals surface area contributed by atoms with Gasteiger partial charge in [-0.25, -0.2) is 0 Å². The highest BCUT2D eigenvalue weighted by Gasteiger charge is 2.26. The number of para-hydroxylation sites is 1. The molecule has 0 radical (unpaired) electrons. The van der Waals surface area contributed by atoms with Crippen LogP contribution in [0, 0.1) is 0 Å². The Morgan fingerprint density at radius 3 is 2.70 bits per heavy atom. The van der Waals surface area contributed by atoms with Gasteiger partial charge in [0, 0.05) is 22.2 Å². The molecule has 0 aromatic heterocycles. The highest BCUT2D eigenvalue weighted by molar-refractivity contribution is 6.31. The maximum absolute atomic E-state index is 6.25. The molecule has 0 spiro atoms. The van der Waals surface area contributed by atoms with Gasteiger partial charge in [-0.3, -0.25) is 5.32 Å². The molecule has 1 aliphatic heterocycles. The fraction of sp³-hybridized carbons (Fsp3) is 0.294. The first kappa shape index (κ1) is 15.8. The average Bonchev–Trinajstić information content (AvgIpc) is 2.59. The smallest absolute Gasteiger partial charge is 0.184 e. The number of likely N-dealkylation sites (N-methyl/N-ethyl adjacent to an activating group) is 1. The molecule has 1 aliphatic rings. The Balaban J connectivity index is 2.19. The predicted octanol–water partition coefficient (Wildman–Crippen LogP) is 3.34. The van der Waals surface area contributed by atoms with E-state index in [1.807, 2.05) is 31.3 Å². The van der Waals surface area contributed by atoms with Crippen molar-refractivity contribution in [1.29, 1.82) is 0 Å². The quantitative estimate of drug-likeness (QED) is 0.928. The minimum atomic E-state index is -0.223. The SMILES string of the molecule is CN[C@@H]1COc2cc(Cl)cc(-c3cccc(OC)c3OC)c2O1. The minimum absolute atomic E-state index is 0.223. The van der Waals surface area contributed by atoms with Crippen LogP contribution in [0.15, 0.2) is 30.3 Å². The topological polar surface area (TPSA) is 49.0 Å². The summed E-state index contributed by atoms with van der Waals surface area (Å²) in [7, 11) is 5.03. The summed E-state index contributed by atoms with van der Waals surface area (Å²) in [4.78, 5) is 0. The zero-order valence-electron chi connectivity index (χ0n) is 13.2. The van der Waals surface area contributed by atoms with Crippen LogP contribution in [-0.4, -0.2) is 34.1 Å². The molecule has 23 heavy (non-hydrogen) atoms. The van der Waals surface area contributed by atoms with Gasteiger partial charge in [0.05, 0.1) is 14.2 Å². The molecule has 0 unspecified atom stereocenters. The third kappa shape index (κ3) is 2.90. The zero-order valence-corrected chi connectivity index (χ0v) is 13.9. The molecule has 0 saturated heterocycles. The van der Waals surface area contributed by atoms with Crippen LogP contribution in [-0.2, 0) is 0 Å². The standard InChI is InChI=1S/C17H18ClNO4/c1-19-15-9-22-14-8-10(18)7-12(17(14)23-15)11-5-4-6-13(20-2)16(11)21-3/h4-8,15,19H,9H2,1-3H3/t15-/m0/s1. The van der Waals surface area contributed by atoms with Crippen molar-refractivity contribution in [2.24, 2.45) is 0 Å². The second kappa shape index (κ2) is 6.56. The largest absolute Gasteiger partial charge is 0.493 e. The number of halogens is 1. The molecule has 2 aromatic carbocycles. The van der Waals surface area contributed by atoms with Gasteiger partial charge in [0.25, 0.3) is 0 Å². The molecule has 0 amide bonds. The molecule has 0 saturated carbocycles. The summed E-state index contributed by atoms with van der Waals surface area (Å²) in [5.74, 6) is 2.51. The third-order valence-electron chi connectivity index (χ3n) is 3.69. The van der Waals surface area contributed by atoms with Gasteiger partial charge >= 0.3 is 0 Å². The van der Waals surface area contributed by atoms with Gasteiger partial charge in [-0.15, -0.1) is 0 Å². The molecule has 0 bridgehead atoms. The van der Waals surface area contributed by atoms with Crippen LogP contribution in [0.5, 0.6) is 23.0 Å².